The molecule has 1 N–H and O–H groups in total. The van der Waals surface area contributed by atoms with Gasteiger partial charge in [0.05, 0.1) is 24.2 Å². The molecule has 1 aliphatic heterocycles. The summed E-state index contributed by atoms with van der Waals surface area (Å²) >= 11 is 0. The lowest BCUT2D eigenvalue weighted by atomic mass is 10.2. The molecule has 0 spiro atoms. The minimum Gasteiger partial charge on any atom is -0.494 e. The SMILES string of the molecule is COc1cc(F)ccc1NCC(=O)N1CCN(S(=O)(=O)c2cccc(F)c2)CC1. The van der Waals surface area contributed by atoms with Crippen LogP contribution in [-0.2, 0) is 14.8 Å². The lowest BCUT2D eigenvalue weighted by Crippen LogP contribution is -2.51. The number of anilines is 1. The number of piperazine rings is 1. The molecule has 0 aromatic heterocycles. The van der Waals surface area contributed by atoms with Gasteiger partial charge in [-0.15, -0.1) is 0 Å². The van der Waals surface area contributed by atoms with Gasteiger partial charge in [0.15, 0.2) is 0 Å². The summed E-state index contributed by atoms with van der Waals surface area (Å²) in [5, 5.41) is 2.91. The zero-order valence-corrected chi connectivity index (χ0v) is 16.6. The fraction of sp³-hybridized carbons (Fsp3) is 0.316. The van der Waals surface area contributed by atoms with Crippen molar-refractivity contribution in [2.75, 3.05) is 45.2 Å². The van der Waals surface area contributed by atoms with Crippen molar-refractivity contribution in [2.45, 2.75) is 4.90 Å². The normalized spacial score (nSPS) is 15.2. The maximum atomic E-state index is 13.4. The Kier molecular flexibility index (Phi) is 6.33. The summed E-state index contributed by atoms with van der Waals surface area (Å²) in [6.07, 6.45) is 0. The number of halogens is 2. The molecule has 1 aliphatic rings. The van der Waals surface area contributed by atoms with Gasteiger partial charge in [-0.25, -0.2) is 17.2 Å². The van der Waals surface area contributed by atoms with Gasteiger partial charge in [-0.2, -0.15) is 4.31 Å². The van der Waals surface area contributed by atoms with E-state index in [-0.39, 0.29) is 49.3 Å². The smallest absolute Gasteiger partial charge is 0.243 e. The van der Waals surface area contributed by atoms with Crippen LogP contribution in [0, 0.1) is 11.6 Å². The maximum Gasteiger partial charge on any atom is 0.243 e. The molecule has 29 heavy (non-hydrogen) atoms. The standard InChI is InChI=1S/C19H21F2N3O4S/c1-28-18-12-15(21)5-6-17(18)22-13-19(25)23-7-9-24(10-8-23)29(26,27)16-4-2-3-14(20)11-16/h2-6,11-12,22H,7-10,13H2,1H3. The van der Waals surface area contributed by atoms with Crippen LogP contribution in [0.2, 0.25) is 0 Å². The van der Waals surface area contributed by atoms with E-state index in [1.165, 1.54) is 47.8 Å². The number of carbonyl (C=O) groups excluding carboxylic acids is 1. The van der Waals surface area contributed by atoms with E-state index in [2.05, 4.69) is 5.32 Å². The average molecular weight is 425 g/mol. The van der Waals surface area contributed by atoms with Crippen LogP contribution < -0.4 is 10.1 Å². The second kappa shape index (κ2) is 8.75. The summed E-state index contributed by atoms with van der Waals surface area (Å²) in [5.74, 6) is -1.01. The first-order valence-electron chi connectivity index (χ1n) is 8.92. The van der Waals surface area contributed by atoms with Crippen molar-refractivity contribution in [2.24, 2.45) is 0 Å². The van der Waals surface area contributed by atoms with Crippen LogP contribution in [0.1, 0.15) is 0 Å². The topological polar surface area (TPSA) is 79.0 Å². The Bertz CT molecular complexity index is 993. The van der Waals surface area contributed by atoms with Crippen LogP contribution in [0.5, 0.6) is 5.75 Å². The summed E-state index contributed by atoms with van der Waals surface area (Å²) in [4.78, 5) is 13.9. The van der Waals surface area contributed by atoms with E-state index in [4.69, 9.17) is 4.74 Å². The molecule has 156 valence electrons. The molecule has 0 atom stereocenters. The highest BCUT2D eigenvalue weighted by Crippen LogP contribution is 2.25. The van der Waals surface area contributed by atoms with Crippen molar-refractivity contribution in [1.82, 2.24) is 9.21 Å². The van der Waals surface area contributed by atoms with E-state index in [1.807, 2.05) is 0 Å². The molecule has 0 bridgehead atoms. The molecular weight excluding hydrogens is 404 g/mol. The molecule has 1 amide bonds. The van der Waals surface area contributed by atoms with Gasteiger partial charge in [-0.3, -0.25) is 4.79 Å². The van der Waals surface area contributed by atoms with Crippen molar-refractivity contribution in [3.8, 4) is 5.75 Å². The van der Waals surface area contributed by atoms with Crippen LogP contribution in [-0.4, -0.2) is 63.4 Å². The number of nitrogens with zero attached hydrogens (tertiary/aromatic N) is 2. The molecule has 3 rings (SSSR count). The lowest BCUT2D eigenvalue weighted by Gasteiger charge is -2.34. The molecule has 0 radical (unpaired) electrons. The number of hydrogen-bond donors (Lipinski definition) is 1. The molecule has 0 saturated carbocycles. The van der Waals surface area contributed by atoms with Gasteiger partial charge in [-0.05, 0) is 30.3 Å². The van der Waals surface area contributed by atoms with Crippen LogP contribution in [0.4, 0.5) is 14.5 Å². The summed E-state index contributed by atoms with van der Waals surface area (Å²) in [6, 6.07) is 8.79. The quantitative estimate of drug-likeness (QED) is 0.765. The molecule has 1 heterocycles. The molecule has 10 heteroatoms. The monoisotopic (exact) mass is 425 g/mol. The summed E-state index contributed by atoms with van der Waals surface area (Å²) in [7, 11) is -2.41. The highest BCUT2D eigenvalue weighted by Gasteiger charge is 2.30. The Morgan fingerprint density at radius 1 is 1.07 bits per heavy atom. The van der Waals surface area contributed by atoms with Gasteiger partial charge in [0.25, 0.3) is 0 Å². The van der Waals surface area contributed by atoms with E-state index < -0.39 is 21.7 Å². The van der Waals surface area contributed by atoms with Crippen molar-refractivity contribution in [3.63, 3.8) is 0 Å². The zero-order valence-electron chi connectivity index (χ0n) is 15.8. The Labute approximate surface area is 167 Å². The number of amides is 1. The first-order chi connectivity index (χ1) is 13.8. The van der Waals surface area contributed by atoms with Gasteiger partial charge in [0, 0.05) is 32.2 Å². The number of carbonyl (C=O) groups is 1. The lowest BCUT2D eigenvalue weighted by molar-refractivity contribution is -0.130. The Hall–Kier alpha value is -2.72. The third kappa shape index (κ3) is 4.83. The van der Waals surface area contributed by atoms with Crippen molar-refractivity contribution < 1.29 is 26.7 Å². The second-order valence-corrected chi connectivity index (χ2v) is 8.38. The van der Waals surface area contributed by atoms with Crippen LogP contribution >= 0.6 is 0 Å². The van der Waals surface area contributed by atoms with Crippen LogP contribution in [0.15, 0.2) is 47.4 Å². The van der Waals surface area contributed by atoms with E-state index in [1.54, 1.807) is 4.90 Å². The Morgan fingerprint density at radius 2 is 1.76 bits per heavy atom. The van der Waals surface area contributed by atoms with Crippen LogP contribution in [0.3, 0.4) is 0 Å². The van der Waals surface area contributed by atoms with Crippen molar-refractivity contribution in [3.05, 3.63) is 54.1 Å². The summed E-state index contributed by atoms with van der Waals surface area (Å²) in [6.45, 7) is 0.624. The number of hydrogen-bond acceptors (Lipinski definition) is 5. The Morgan fingerprint density at radius 3 is 2.41 bits per heavy atom. The molecule has 1 fully saturated rings. The molecular formula is C19H21F2N3O4S. The minimum atomic E-state index is -3.81. The largest absolute Gasteiger partial charge is 0.494 e. The molecule has 7 nitrogen and oxygen atoms in total. The average Bonchev–Trinajstić information content (AvgIpc) is 2.72. The van der Waals surface area contributed by atoms with E-state index in [9.17, 15) is 22.0 Å². The summed E-state index contributed by atoms with van der Waals surface area (Å²) < 4.78 is 58.2. The number of ether oxygens (including phenoxy) is 1. The third-order valence-electron chi connectivity index (χ3n) is 4.62. The van der Waals surface area contributed by atoms with Crippen molar-refractivity contribution in [1.29, 1.82) is 0 Å². The van der Waals surface area contributed by atoms with Gasteiger partial charge in [-0.1, -0.05) is 6.07 Å². The van der Waals surface area contributed by atoms with Gasteiger partial charge in [0.2, 0.25) is 15.9 Å². The summed E-state index contributed by atoms with van der Waals surface area (Å²) in [5.41, 5.74) is 0.481. The highest BCUT2D eigenvalue weighted by atomic mass is 32.2. The fourth-order valence-electron chi connectivity index (χ4n) is 3.05. The van der Waals surface area contributed by atoms with E-state index in [0.29, 0.717) is 5.69 Å². The molecule has 1 saturated heterocycles. The predicted octanol–water partition coefficient (Wildman–Crippen LogP) is 1.92. The maximum absolute atomic E-state index is 13.4. The first kappa shape index (κ1) is 21.0. The predicted molar refractivity (Wildman–Crippen MR) is 103 cm³/mol. The number of sulfonamides is 1. The molecule has 2 aromatic carbocycles. The zero-order chi connectivity index (χ0) is 21.0. The molecule has 2 aromatic rings. The second-order valence-electron chi connectivity index (χ2n) is 6.44. The first-order valence-corrected chi connectivity index (χ1v) is 10.4. The Balaban J connectivity index is 1.57. The van der Waals surface area contributed by atoms with Crippen molar-refractivity contribution >= 4 is 21.6 Å². The number of benzene rings is 2. The van der Waals surface area contributed by atoms with E-state index in [0.717, 1.165) is 6.07 Å². The van der Waals surface area contributed by atoms with Gasteiger partial charge < -0.3 is 15.0 Å². The fourth-order valence-corrected chi connectivity index (χ4v) is 4.50. The van der Waals surface area contributed by atoms with Gasteiger partial charge >= 0.3 is 0 Å². The number of rotatable bonds is 6. The minimum absolute atomic E-state index is 0.0430. The van der Waals surface area contributed by atoms with E-state index >= 15 is 0 Å². The molecule has 0 aliphatic carbocycles. The van der Waals surface area contributed by atoms with Gasteiger partial charge in [0.1, 0.15) is 17.4 Å². The number of nitrogens with one attached hydrogen (secondary N) is 1. The molecule has 0 unspecified atom stereocenters. The number of methoxy groups -OCH3 is 1. The van der Waals surface area contributed by atoms with Crippen LogP contribution in [0.25, 0.3) is 0 Å². The third-order valence-corrected chi connectivity index (χ3v) is 6.51. The highest BCUT2D eigenvalue weighted by molar-refractivity contribution is 7.89.